The molecule has 2 aromatic rings. The highest BCUT2D eigenvalue weighted by Crippen LogP contribution is 2.27. The van der Waals surface area contributed by atoms with Crippen LogP contribution in [0, 0.1) is 0 Å². The van der Waals surface area contributed by atoms with Crippen LogP contribution in [-0.4, -0.2) is 50.8 Å². The third-order valence-corrected chi connectivity index (χ3v) is 7.47. The molecule has 2 aliphatic rings. The van der Waals surface area contributed by atoms with Crippen LogP contribution in [0.3, 0.4) is 0 Å². The monoisotopic (exact) mass is 428 g/mol. The van der Waals surface area contributed by atoms with Crippen LogP contribution < -0.4 is 4.90 Å². The molecule has 2 aliphatic heterocycles. The van der Waals surface area contributed by atoms with Gasteiger partial charge in [0.1, 0.15) is 0 Å². The molecule has 0 atom stereocenters. The van der Waals surface area contributed by atoms with Crippen molar-refractivity contribution < 1.29 is 22.7 Å². The van der Waals surface area contributed by atoms with Gasteiger partial charge in [-0.05, 0) is 55.2 Å². The Balaban J connectivity index is 1.37. The van der Waals surface area contributed by atoms with Crippen LogP contribution >= 0.6 is 0 Å². The molecule has 4 rings (SSSR count). The van der Waals surface area contributed by atoms with Gasteiger partial charge in [0.2, 0.25) is 10.0 Å². The maximum atomic E-state index is 12.7. The van der Waals surface area contributed by atoms with Gasteiger partial charge < -0.3 is 9.64 Å². The average Bonchev–Trinajstić information content (AvgIpc) is 3.22. The van der Waals surface area contributed by atoms with Gasteiger partial charge in [-0.2, -0.15) is 4.31 Å². The van der Waals surface area contributed by atoms with E-state index >= 15 is 0 Å². The Labute approximate surface area is 176 Å². The molecule has 1 fully saturated rings. The molecule has 1 saturated heterocycles. The summed E-state index contributed by atoms with van der Waals surface area (Å²) in [4.78, 5) is 26.6. The number of hydrogen-bond acceptors (Lipinski definition) is 5. The van der Waals surface area contributed by atoms with Crippen LogP contribution in [-0.2, 0) is 26.0 Å². The van der Waals surface area contributed by atoms with E-state index in [0.717, 1.165) is 36.9 Å². The number of fused-ring (bicyclic) bond motifs is 1. The van der Waals surface area contributed by atoms with E-state index in [2.05, 4.69) is 0 Å². The Morgan fingerprint density at radius 3 is 2.33 bits per heavy atom. The highest BCUT2D eigenvalue weighted by molar-refractivity contribution is 7.89. The zero-order chi connectivity index (χ0) is 21.1. The van der Waals surface area contributed by atoms with E-state index in [1.54, 1.807) is 4.90 Å². The summed E-state index contributed by atoms with van der Waals surface area (Å²) in [5.74, 6) is -0.935. The largest absolute Gasteiger partial charge is 0.452 e. The summed E-state index contributed by atoms with van der Waals surface area (Å²) in [5, 5.41) is 0. The molecule has 2 heterocycles. The number of sulfonamides is 1. The quantitative estimate of drug-likeness (QED) is 0.684. The first-order chi connectivity index (χ1) is 14.5. The first-order valence-electron chi connectivity index (χ1n) is 10.1. The Morgan fingerprint density at radius 1 is 0.900 bits per heavy atom. The summed E-state index contributed by atoms with van der Waals surface area (Å²) >= 11 is 0. The van der Waals surface area contributed by atoms with Crippen LogP contribution in [0.1, 0.15) is 35.2 Å². The summed E-state index contributed by atoms with van der Waals surface area (Å²) in [5.41, 5.74) is 2.16. The fourth-order valence-corrected chi connectivity index (χ4v) is 5.42. The Morgan fingerprint density at radius 2 is 1.60 bits per heavy atom. The van der Waals surface area contributed by atoms with E-state index in [9.17, 15) is 18.0 Å². The maximum absolute atomic E-state index is 12.7. The van der Waals surface area contributed by atoms with Crippen molar-refractivity contribution >= 4 is 27.6 Å². The molecular weight excluding hydrogens is 404 g/mol. The predicted molar refractivity (Wildman–Crippen MR) is 112 cm³/mol. The summed E-state index contributed by atoms with van der Waals surface area (Å²) in [6.07, 6.45) is 3.54. The number of esters is 1. The normalized spacial score (nSPS) is 16.9. The van der Waals surface area contributed by atoms with E-state index in [1.165, 1.54) is 28.6 Å². The molecule has 30 heavy (non-hydrogen) atoms. The smallest absolute Gasteiger partial charge is 0.338 e. The molecule has 0 unspecified atom stereocenters. The molecule has 1 amide bonds. The second-order valence-electron chi connectivity index (χ2n) is 7.49. The molecule has 0 bridgehead atoms. The highest BCUT2D eigenvalue weighted by Gasteiger charge is 2.27. The van der Waals surface area contributed by atoms with E-state index in [4.69, 9.17) is 4.74 Å². The summed E-state index contributed by atoms with van der Waals surface area (Å²) < 4.78 is 32.0. The molecular formula is C22H24N2O5S. The first kappa shape index (κ1) is 20.6. The molecule has 0 saturated carbocycles. The van der Waals surface area contributed by atoms with Gasteiger partial charge in [-0.3, -0.25) is 4.79 Å². The van der Waals surface area contributed by atoms with Crippen LogP contribution in [0.25, 0.3) is 0 Å². The lowest BCUT2D eigenvalue weighted by Crippen LogP contribution is -2.35. The molecule has 158 valence electrons. The molecule has 0 aromatic heterocycles. The number of hydrogen-bond donors (Lipinski definition) is 0. The predicted octanol–water partition coefficient (Wildman–Crippen LogP) is 2.61. The number of anilines is 1. The molecule has 0 aliphatic carbocycles. The topological polar surface area (TPSA) is 84.0 Å². The van der Waals surface area contributed by atoms with E-state index in [-0.39, 0.29) is 23.0 Å². The van der Waals surface area contributed by atoms with Gasteiger partial charge in [0.15, 0.2) is 6.61 Å². The summed E-state index contributed by atoms with van der Waals surface area (Å²) in [6.45, 7) is 1.25. The van der Waals surface area contributed by atoms with E-state index in [1.807, 2.05) is 24.3 Å². The lowest BCUT2D eigenvalue weighted by atomic mass is 10.2. The third-order valence-electron chi connectivity index (χ3n) is 5.56. The molecule has 0 spiro atoms. The zero-order valence-electron chi connectivity index (χ0n) is 16.6. The van der Waals surface area contributed by atoms with Gasteiger partial charge >= 0.3 is 5.97 Å². The van der Waals surface area contributed by atoms with Gasteiger partial charge in [-0.15, -0.1) is 0 Å². The van der Waals surface area contributed by atoms with E-state index < -0.39 is 16.0 Å². The molecule has 7 nitrogen and oxygen atoms in total. The van der Waals surface area contributed by atoms with Crippen molar-refractivity contribution in [1.29, 1.82) is 0 Å². The summed E-state index contributed by atoms with van der Waals surface area (Å²) in [7, 11) is -3.55. The van der Waals surface area contributed by atoms with Crippen molar-refractivity contribution in [3.8, 4) is 0 Å². The fraction of sp³-hybridized carbons (Fsp3) is 0.364. The van der Waals surface area contributed by atoms with Gasteiger partial charge in [0, 0.05) is 25.3 Å². The molecule has 0 radical (unpaired) electrons. The number of carbonyl (C=O) groups excluding carboxylic acids is 2. The van der Waals surface area contributed by atoms with Crippen LogP contribution in [0.5, 0.6) is 0 Å². The van der Waals surface area contributed by atoms with Gasteiger partial charge in [-0.1, -0.05) is 24.6 Å². The minimum Gasteiger partial charge on any atom is -0.452 e. The Kier molecular flexibility index (Phi) is 5.87. The average molecular weight is 429 g/mol. The number of rotatable bonds is 5. The minimum atomic E-state index is -3.55. The number of para-hydroxylation sites is 1. The van der Waals surface area contributed by atoms with Gasteiger partial charge in [0.25, 0.3) is 5.91 Å². The van der Waals surface area contributed by atoms with Crippen molar-refractivity contribution in [1.82, 2.24) is 4.31 Å². The maximum Gasteiger partial charge on any atom is 0.338 e. The SMILES string of the molecule is O=C(OCC(=O)N1CCc2ccccc21)c1ccc(S(=O)(=O)N2CCCCC2)cc1. The minimum absolute atomic E-state index is 0.158. The van der Waals surface area contributed by atoms with Gasteiger partial charge in [0.05, 0.1) is 10.5 Å². The standard InChI is InChI=1S/C22H24N2O5S/c25-21(24-15-12-17-6-2-3-7-20(17)24)16-29-22(26)18-8-10-19(11-9-18)30(27,28)23-13-4-1-5-14-23/h2-3,6-11H,1,4-5,12-16H2. The lowest BCUT2D eigenvalue weighted by molar-refractivity contribution is -0.121. The van der Waals surface area contributed by atoms with Crippen LogP contribution in [0.2, 0.25) is 0 Å². The van der Waals surface area contributed by atoms with Crippen molar-refractivity contribution in [3.05, 3.63) is 59.7 Å². The highest BCUT2D eigenvalue weighted by atomic mass is 32.2. The number of ether oxygens (including phenoxy) is 1. The van der Waals surface area contributed by atoms with Crippen molar-refractivity contribution in [3.63, 3.8) is 0 Å². The molecule has 0 N–H and O–H groups in total. The second kappa shape index (κ2) is 8.57. The second-order valence-corrected chi connectivity index (χ2v) is 9.43. The van der Waals surface area contributed by atoms with Crippen LogP contribution in [0.4, 0.5) is 5.69 Å². The van der Waals surface area contributed by atoms with Crippen molar-refractivity contribution in [2.45, 2.75) is 30.6 Å². The Hall–Kier alpha value is -2.71. The third kappa shape index (κ3) is 4.11. The van der Waals surface area contributed by atoms with E-state index in [0.29, 0.717) is 19.6 Å². The fourth-order valence-electron chi connectivity index (χ4n) is 3.90. The number of amides is 1. The van der Waals surface area contributed by atoms with Gasteiger partial charge in [-0.25, -0.2) is 13.2 Å². The number of nitrogens with zero attached hydrogens (tertiary/aromatic N) is 2. The lowest BCUT2D eigenvalue weighted by Gasteiger charge is -2.25. The number of piperidine rings is 1. The molecule has 2 aromatic carbocycles. The van der Waals surface area contributed by atoms with Crippen molar-refractivity contribution in [2.24, 2.45) is 0 Å². The molecule has 8 heteroatoms. The number of benzene rings is 2. The zero-order valence-corrected chi connectivity index (χ0v) is 17.4. The number of carbonyl (C=O) groups is 2. The Bertz CT molecular complexity index is 1040. The van der Waals surface area contributed by atoms with Crippen molar-refractivity contribution in [2.75, 3.05) is 31.1 Å². The van der Waals surface area contributed by atoms with Crippen LogP contribution in [0.15, 0.2) is 53.4 Å². The first-order valence-corrected chi connectivity index (χ1v) is 11.6. The summed E-state index contributed by atoms with van der Waals surface area (Å²) in [6, 6.07) is 13.3.